The largest absolute Gasteiger partial charge is 0.416 e. The molecule has 2 aliphatic heterocycles. The average Bonchev–Trinajstić information content (AvgIpc) is 2.95. The molecule has 2 aromatic carbocycles. The van der Waals surface area contributed by atoms with Crippen LogP contribution in [0.25, 0.3) is 0 Å². The zero-order chi connectivity index (χ0) is 33.1. The van der Waals surface area contributed by atoms with Gasteiger partial charge in [0.05, 0.1) is 17.7 Å². The SMILES string of the molecule is CN(C)CCCC[C@H]1C(=O)N(Cc2ccccc2Cl)C[C@@H]2N(C(=O)NCc3cc(C(F)(F)F)cc(C(F)(F)F)c3)CCC(=O)N21. The number of unbranched alkanes of at least 4 members (excludes halogenated alkanes) is 1. The molecule has 246 valence electrons. The van der Waals surface area contributed by atoms with E-state index in [0.717, 1.165) is 13.0 Å². The molecular formula is C30H34ClF6N5O3. The van der Waals surface area contributed by atoms with Crippen molar-refractivity contribution in [1.82, 2.24) is 24.9 Å². The predicted molar refractivity (Wildman–Crippen MR) is 154 cm³/mol. The Hall–Kier alpha value is -3.52. The van der Waals surface area contributed by atoms with E-state index in [4.69, 9.17) is 11.6 Å². The van der Waals surface area contributed by atoms with Crippen molar-refractivity contribution >= 4 is 29.4 Å². The number of piperazine rings is 1. The molecule has 4 amide bonds. The quantitative estimate of drug-likeness (QED) is 0.281. The summed E-state index contributed by atoms with van der Waals surface area (Å²) in [5.74, 6) is -0.615. The van der Waals surface area contributed by atoms with Crippen LogP contribution >= 0.6 is 11.6 Å². The molecule has 2 aromatic rings. The van der Waals surface area contributed by atoms with Crippen LogP contribution in [0, 0.1) is 0 Å². The molecule has 2 saturated heterocycles. The number of carbonyl (C=O) groups excluding carboxylic acids is 3. The van der Waals surface area contributed by atoms with Crippen LogP contribution in [-0.2, 0) is 35.0 Å². The van der Waals surface area contributed by atoms with Gasteiger partial charge < -0.3 is 24.9 Å². The van der Waals surface area contributed by atoms with E-state index in [0.29, 0.717) is 35.6 Å². The van der Waals surface area contributed by atoms with Crippen LogP contribution in [0.3, 0.4) is 0 Å². The third-order valence-corrected chi connectivity index (χ3v) is 8.22. The van der Waals surface area contributed by atoms with Gasteiger partial charge in [0.2, 0.25) is 11.8 Å². The second kappa shape index (κ2) is 13.9. The summed E-state index contributed by atoms with van der Waals surface area (Å²) in [7, 11) is 3.84. The molecule has 2 aliphatic rings. The van der Waals surface area contributed by atoms with Crippen molar-refractivity contribution in [2.45, 2.75) is 63.3 Å². The first-order chi connectivity index (χ1) is 21.1. The molecule has 2 fully saturated rings. The number of alkyl halides is 6. The third-order valence-electron chi connectivity index (χ3n) is 7.86. The Morgan fingerprint density at radius 3 is 2.24 bits per heavy atom. The van der Waals surface area contributed by atoms with Gasteiger partial charge in [0.1, 0.15) is 12.2 Å². The summed E-state index contributed by atoms with van der Waals surface area (Å²) in [4.78, 5) is 46.6. The maximum absolute atomic E-state index is 13.8. The van der Waals surface area contributed by atoms with Crippen molar-refractivity contribution in [2.24, 2.45) is 0 Å². The highest BCUT2D eigenvalue weighted by Crippen LogP contribution is 2.36. The first-order valence-corrected chi connectivity index (χ1v) is 14.7. The lowest BCUT2D eigenvalue weighted by molar-refractivity contribution is -0.167. The Kier molecular flexibility index (Phi) is 10.6. The summed E-state index contributed by atoms with van der Waals surface area (Å²) < 4.78 is 80.0. The van der Waals surface area contributed by atoms with E-state index in [2.05, 4.69) is 5.32 Å². The summed E-state index contributed by atoms with van der Waals surface area (Å²) in [6.07, 6.45) is -9.35. The Morgan fingerprint density at radius 1 is 1.00 bits per heavy atom. The van der Waals surface area contributed by atoms with Crippen LogP contribution in [0.15, 0.2) is 42.5 Å². The van der Waals surface area contributed by atoms with Gasteiger partial charge in [-0.3, -0.25) is 9.59 Å². The molecule has 2 atom stereocenters. The predicted octanol–water partition coefficient (Wildman–Crippen LogP) is 5.59. The van der Waals surface area contributed by atoms with E-state index >= 15 is 0 Å². The smallest absolute Gasteiger partial charge is 0.334 e. The molecule has 15 heteroatoms. The van der Waals surface area contributed by atoms with Crippen LogP contribution in [0.2, 0.25) is 5.02 Å². The number of halogens is 7. The highest BCUT2D eigenvalue weighted by atomic mass is 35.5. The fourth-order valence-electron chi connectivity index (χ4n) is 5.64. The highest BCUT2D eigenvalue weighted by Gasteiger charge is 2.48. The molecule has 0 aliphatic carbocycles. The summed E-state index contributed by atoms with van der Waals surface area (Å²) in [6.45, 7) is 0.148. The minimum absolute atomic E-state index is 0.0186. The standard InChI is InChI=1S/C30H34ClF6N5O3/c1-39(2)11-6-5-9-24-27(44)40(17-20-7-3-4-8-23(20)31)18-25-41(12-10-26(43)42(24)25)28(45)38-16-19-13-21(29(32,33)34)15-22(14-19)30(35,36)37/h3-4,7-8,13-15,24-25H,5-6,9-12,16-18H2,1-2H3,(H,38,45)/t24-,25+/m0/s1. The van der Waals surface area contributed by atoms with Gasteiger partial charge in [-0.15, -0.1) is 0 Å². The van der Waals surface area contributed by atoms with Gasteiger partial charge in [-0.1, -0.05) is 29.8 Å². The van der Waals surface area contributed by atoms with E-state index in [9.17, 15) is 40.7 Å². The van der Waals surface area contributed by atoms with E-state index in [1.54, 1.807) is 24.3 Å². The zero-order valence-electron chi connectivity index (χ0n) is 24.7. The third kappa shape index (κ3) is 8.40. The lowest BCUT2D eigenvalue weighted by Gasteiger charge is -2.52. The van der Waals surface area contributed by atoms with Gasteiger partial charge in [-0.25, -0.2) is 4.79 Å². The van der Waals surface area contributed by atoms with Crippen molar-refractivity contribution in [3.05, 3.63) is 69.7 Å². The monoisotopic (exact) mass is 661 g/mol. The second-order valence-electron chi connectivity index (χ2n) is 11.4. The zero-order valence-corrected chi connectivity index (χ0v) is 25.5. The topological polar surface area (TPSA) is 76.2 Å². The number of benzene rings is 2. The minimum Gasteiger partial charge on any atom is -0.334 e. The maximum atomic E-state index is 13.8. The molecule has 0 bridgehead atoms. The summed E-state index contributed by atoms with van der Waals surface area (Å²) in [5.41, 5.74) is -2.72. The van der Waals surface area contributed by atoms with Gasteiger partial charge in [0.15, 0.2) is 0 Å². The molecule has 45 heavy (non-hydrogen) atoms. The van der Waals surface area contributed by atoms with Gasteiger partial charge in [-0.2, -0.15) is 26.3 Å². The molecule has 0 spiro atoms. The molecule has 0 aromatic heterocycles. The molecular weight excluding hydrogens is 628 g/mol. The van der Waals surface area contributed by atoms with Crippen LogP contribution in [-0.4, -0.2) is 83.4 Å². The summed E-state index contributed by atoms with van der Waals surface area (Å²) in [6, 6.07) is 6.41. The molecule has 2 heterocycles. The van der Waals surface area contributed by atoms with Crippen molar-refractivity contribution < 1.29 is 40.7 Å². The highest BCUT2D eigenvalue weighted by molar-refractivity contribution is 6.31. The average molecular weight is 662 g/mol. The van der Waals surface area contributed by atoms with E-state index in [1.165, 1.54) is 14.7 Å². The fourth-order valence-corrected chi connectivity index (χ4v) is 5.83. The van der Waals surface area contributed by atoms with Crippen LogP contribution in [0.4, 0.5) is 31.1 Å². The van der Waals surface area contributed by atoms with Crippen LogP contribution < -0.4 is 5.32 Å². The molecule has 1 N–H and O–H groups in total. The maximum Gasteiger partial charge on any atom is 0.416 e. The first kappa shape index (κ1) is 34.4. The van der Waals surface area contributed by atoms with E-state index in [-0.39, 0.29) is 43.9 Å². The lowest BCUT2D eigenvalue weighted by Crippen LogP contribution is -2.71. The van der Waals surface area contributed by atoms with Gasteiger partial charge in [-0.05, 0) is 75.3 Å². The summed E-state index contributed by atoms with van der Waals surface area (Å²) in [5, 5.41) is 2.86. The van der Waals surface area contributed by atoms with Crippen LogP contribution in [0.1, 0.15) is 47.9 Å². The molecule has 4 rings (SSSR count). The first-order valence-electron chi connectivity index (χ1n) is 14.4. The Morgan fingerprint density at radius 2 is 1.64 bits per heavy atom. The number of nitrogens with zero attached hydrogens (tertiary/aromatic N) is 4. The van der Waals surface area contributed by atoms with Crippen LogP contribution in [0.5, 0.6) is 0 Å². The normalized spacial score (nSPS) is 19.3. The molecule has 0 saturated carbocycles. The summed E-state index contributed by atoms with van der Waals surface area (Å²) >= 11 is 6.35. The van der Waals surface area contributed by atoms with Gasteiger partial charge >= 0.3 is 18.4 Å². The number of urea groups is 1. The number of nitrogens with one attached hydrogen (secondary N) is 1. The second-order valence-corrected chi connectivity index (χ2v) is 11.8. The molecule has 0 radical (unpaired) electrons. The Labute approximate surface area is 261 Å². The number of carbonyl (C=O) groups is 3. The minimum atomic E-state index is -5.03. The Balaban J connectivity index is 1.58. The van der Waals surface area contributed by atoms with Crippen molar-refractivity contribution in [2.75, 3.05) is 33.7 Å². The van der Waals surface area contributed by atoms with Crippen molar-refractivity contribution in [3.8, 4) is 0 Å². The number of rotatable bonds is 9. The van der Waals surface area contributed by atoms with Gasteiger partial charge in [0.25, 0.3) is 0 Å². The molecule has 0 unspecified atom stereocenters. The van der Waals surface area contributed by atoms with Crippen molar-refractivity contribution in [1.29, 1.82) is 0 Å². The van der Waals surface area contributed by atoms with E-state index in [1.807, 2.05) is 19.0 Å². The van der Waals surface area contributed by atoms with E-state index < -0.39 is 53.8 Å². The Bertz CT molecular complexity index is 1370. The van der Waals surface area contributed by atoms with Crippen molar-refractivity contribution in [3.63, 3.8) is 0 Å². The van der Waals surface area contributed by atoms with Gasteiger partial charge in [0, 0.05) is 31.1 Å². The lowest BCUT2D eigenvalue weighted by atomic mass is 9.98. The molecule has 8 nitrogen and oxygen atoms in total. The fraction of sp³-hybridized carbons (Fsp3) is 0.500. The number of amides is 4. The number of hydrogen-bond donors (Lipinski definition) is 1. The number of fused-ring (bicyclic) bond motifs is 1. The number of hydrogen-bond acceptors (Lipinski definition) is 4.